The van der Waals surface area contributed by atoms with Gasteiger partial charge in [0.05, 0.1) is 6.04 Å². The predicted molar refractivity (Wildman–Crippen MR) is 35.9 cm³/mol. The van der Waals surface area contributed by atoms with E-state index in [-0.39, 0.29) is 6.04 Å². The minimum atomic E-state index is -1.17. The zero-order chi connectivity index (χ0) is 7.49. The van der Waals surface area contributed by atoms with Gasteiger partial charge in [0.1, 0.15) is 0 Å². The molecule has 0 aliphatic rings. The highest BCUT2D eigenvalue weighted by Crippen LogP contribution is 2.08. The van der Waals surface area contributed by atoms with E-state index in [0.717, 1.165) is 0 Å². The van der Waals surface area contributed by atoms with Crippen molar-refractivity contribution in [1.29, 1.82) is 0 Å². The van der Waals surface area contributed by atoms with Crippen molar-refractivity contribution in [2.24, 2.45) is 5.73 Å². The molecule has 0 aromatic carbocycles. The second kappa shape index (κ2) is 3.15. The lowest BCUT2D eigenvalue weighted by molar-refractivity contribution is -0.197. The number of ether oxygens (including phenoxy) is 1. The van der Waals surface area contributed by atoms with E-state index in [4.69, 9.17) is 10.5 Å². The van der Waals surface area contributed by atoms with E-state index < -0.39 is 5.79 Å². The summed E-state index contributed by atoms with van der Waals surface area (Å²) in [5.41, 5.74) is 5.38. The summed E-state index contributed by atoms with van der Waals surface area (Å²) >= 11 is 0. The Labute approximate surface area is 55.8 Å². The molecule has 0 radical (unpaired) electrons. The zero-order valence-electron chi connectivity index (χ0n) is 6.22. The predicted octanol–water partition coefficient (Wildman–Crippen LogP) is 0.0786. The number of hydrogen-bond acceptors (Lipinski definition) is 3. The van der Waals surface area contributed by atoms with E-state index in [9.17, 15) is 5.11 Å². The van der Waals surface area contributed by atoms with Crippen molar-refractivity contribution in [3.05, 3.63) is 0 Å². The van der Waals surface area contributed by atoms with Crippen LogP contribution in [0.3, 0.4) is 0 Å². The molecule has 9 heavy (non-hydrogen) atoms. The molecule has 0 amide bonds. The summed E-state index contributed by atoms with van der Waals surface area (Å²) in [7, 11) is 0. The number of hydrogen-bond donors (Lipinski definition) is 2. The summed E-state index contributed by atoms with van der Waals surface area (Å²) < 4.78 is 4.92. The average molecular weight is 133 g/mol. The highest BCUT2D eigenvalue weighted by molar-refractivity contribution is 4.70. The smallest absolute Gasteiger partial charge is 0.177 e. The summed E-state index contributed by atoms with van der Waals surface area (Å²) in [5, 5.41) is 9.24. The summed E-state index contributed by atoms with van der Waals surface area (Å²) in [5.74, 6) is -1.17. The van der Waals surface area contributed by atoms with E-state index in [1.165, 1.54) is 0 Å². The van der Waals surface area contributed by atoms with Gasteiger partial charge in [-0.1, -0.05) is 0 Å². The normalized spacial score (nSPS) is 21.0. The van der Waals surface area contributed by atoms with Crippen molar-refractivity contribution < 1.29 is 9.84 Å². The Morgan fingerprint density at radius 2 is 2.22 bits per heavy atom. The molecule has 2 atom stereocenters. The SMILES string of the molecule is CCOC(C)(O)C(C)N. The van der Waals surface area contributed by atoms with Gasteiger partial charge in [-0.3, -0.25) is 0 Å². The lowest BCUT2D eigenvalue weighted by Crippen LogP contribution is -2.45. The van der Waals surface area contributed by atoms with Gasteiger partial charge in [0.25, 0.3) is 0 Å². The molecule has 56 valence electrons. The Kier molecular flexibility index (Phi) is 3.11. The molecule has 3 heteroatoms. The Bertz CT molecular complexity index is 81.1. The molecule has 0 rings (SSSR count). The maximum atomic E-state index is 9.24. The molecule has 0 spiro atoms. The molecule has 0 aliphatic carbocycles. The molecule has 0 heterocycles. The van der Waals surface area contributed by atoms with Gasteiger partial charge in [-0.25, -0.2) is 0 Å². The van der Waals surface area contributed by atoms with Crippen LogP contribution in [0.5, 0.6) is 0 Å². The fraction of sp³-hybridized carbons (Fsp3) is 1.00. The van der Waals surface area contributed by atoms with Crippen molar-refractivity contribution in [2.45, 2.75) is 32.6 Å². The molecule has 0 fully saturated rings. The Balaban J connectivity index is 3.70. The Morgan fingerprint density at radius 3 is 2.33 bits per heavy atom. The van der Waals surface area contributed by atoms with Gasteiger partial charge in [-0.15, -0.1) is 0 Å². The number of nitrogens with two attached hydrogens (primary N) is 1. The van der Waals surface area contributed by atoms with Gasteiger partial charge in [0, 0.05) is 6.61 Å². The second-order valence-electron chi connectivity index (χ2n) is 2.28. The van der Waals surface area contributed by atoms with Gasteiger partial charge in [-0.2, -0.15) is 0 Å². The highest BCUT2D eigenvalue weighted by atomic mass is 16.6. The first-order valence-corrected chi connectivity index (χ1v) is 3.12. The molecule has 2 unspecified atom stereocenters. The van der Waals surface area contributed by atoms with Gasteiger partial charge < -0.3 is 15.6 Å². The van der Waals surface area contributed by atoms with Gasteiger partial charge >= 0.3 is 0 Å². The maximum absolute atomic E-state index is 9.24. The third kappa shape index (κ3) is 2.79. The topological polar surface area (TPSA) is 55.5 Å². The van der Waals surface area contributed by atoms with Crippen molar-refractivity contribution in [2.75, 3.05) is 6.61 Å². The van der Waals surface area contributed by atoms with Crippen LogP contribution in [0, 0.1) is 0 Å². The zero-order valence-corrected chi connectivity index (χ0v) is 6.22. The van der Waals surface area contributed by atoms with E-state index in [1.54, 1.807) is 13.8 Å². The summed E-state index contributed by atoms with van der Waals surface area (Å²) in [6.07, 6.45) is 0. The summed E-state index contributed by atoms with van der Waals surface area (Å²) in [6, 6.07) is -0.350. The maximum Gasteiger partial charge on any atom is 0.177 e. The van der Waals surface area contributed by atoms with Crippen molar-refractivity contribution in [3.8, 4) is 0 Å². The Morgan fingerprint density at radius 1 is 1.78 bits per heavy atom. The second-order valence-corrected chi connectivity index (χ2v) is 2.28. The van der Waals surface area contributed by atoms with Gasteiger partial charge in [0.15, 0.2) is 5.79 Å². The minimum absolute atomic E-state index is 0.350. The van der Waals surface area contributed by atoms with Crippen LogP contribution in [-0.4, -0.2) is 23.5 Å². The van der Waals surface area contributed by atoms with Gasteiger partial charge in [-0.05, 0) is 20.8 Å². The number of aliphatic hydroxyl groups is 1. The van der Waals surface area contributed by atoms with Crippen LogP contribution in [0.15, 0.2) is 0 Å². The monoisotopic (exact) mass is 133 g/mol. The fourth-order valence-electron chi connectivity index (χ4n) is 0.424. The summed E-state index contributed by atoms with van der Waals surface area (Å²) in [4.78, 5) is 0. The first kappa shape index (κ1) is 8.88. The van der Waals surface area contributed by atoms with Gasteiger partial charge in [0.2, 0.25) is 0 Å². The largest absolute Gasteiger partial charge is 0.364 e. The quantitative estimate of drug-likeness (QED) is 0.536. The lowest BCUT2D eigenvalue weighted by atomic mass is 10.2. The third-order valence-electron chi connectivity index (χ3n) is 1.28. The van der Waals surface area contributed by atoms with Crippen LogP contribution >= 0.6 is 0 Å². The fourth-order valence-corrected chi connectivity index (χ4v) is 0.424. The van der Waals surface area contributed by atoms with E-state index in [2.05, 4.69) is 0 Å². The van der Waals surface area contributed by atoms with E-state index >= 15 is 0 Å². The van der Waals surface area contributed by atoms with Crippen LogP contribution in [0.25, 0.3) is 0 Å². The van der Waals surface area contributed by atoms with Crippen LogP contribution in [0.2, 0.25) is 0 Å². The minimum Gasteiger partial charge on any atom is -0.364 e. The molecule has 3 N–H and O–H groups in total. The van der Waals surface area contributed by atoms with Crippen molar-refractivity contribution in [1.82, 2.24) is 0 Å². The molecule has 3 nitrogen and oxygen atoms in total. The molecular weight excluding hydrogens is 118 g/mol. The van der Waals surface area contributed by atoms with Crippen LogP contribution < -0.4 is 5.73 Å². The highest BCUT2D eigenvalue weighted by Gasteiger charge is 2.24. The third-order valence-corrected chi connectivity index (χ3v) is 1.28. The molecule has 0 saturated carbocycles. The Hall–Kier alpha value is -0.120. The van der Waals surface area contributed by atoms with E-state index in [1.807, 2.05) is 6.92 Å². The molecule has 0 aliphatic heterocycles. The van der Waals surface area contributed by atoms with Crippen LogP contribution in [0.1, 0.15) is 20.8 Å². The molecule has 0 aromatic rings. The van der Waals surface area contributed by atoms with Crippen LogP contribution in [0.4, 0.5) is 0 Å². The first-order valence-electron chi connectivity index (χ1n) is 3.12. The standard InChI is InChI=1S/C6H15NO2/c1-4-9-6(3,8)5(2)7/h5,8H,4,7H2,1-3H3. The average Bonchev–Trinajstić information content (AvgIpc) is 1.65. The van der Waals surface area contributed by atoms with Crippen molar-refractivity contribution >= 4 is 0 Å². The molecule has 0 saturated heterocycles. The summed E-state index contributed by atoms with van der Waals surface area (Å²) in [6.45, 7) is 5.56. The number of rotatable bonds is 3. The molecule has 0 bridgehead atoms. The van der Waals surface area contributed by atoms with E-state index in [0.29, 0.717) is 6.61 Å². The van der Waals surface area contributed by atoms with Crippen LogP contribution in [-0.2, 0) is 4.74 Å². The first-order chi connectivity index (χ1) is 4.00. The molecule has 0 aromatic heterocycles. The van der Waals surface area contributed by atoms with Crippen molar-refractivity contribution in [3.63, 3.8) is 0 Å². The molecular formula is C6H15NO2. The lowest BCUT2D eigenvalue weighted by Gasteiger charge is -2.26.